The second-order valence-corrected chi connectivity index (χ2v) is 4.80. The summed E-state index contributed by atoms with van der Waals surface area (Å²) in [5.41, 5.74) is 0.945. The zero-order valence-electron chi connectivity index (χ0n) is 11.6. The zero-order valence-corrected chi connectivity index (χ0v) is 11.6. The van der Waals surface area contributed by atoms with Gasteiger partial charge in [0.2, 0.25) is 0 Å². The molecule has 0 bridgehead atoms. The van der Waals surface area contributed by atoms with Gasteiger partial charge in [0.05, 0.1) is 5.69 Å². The summed E-state index contributed by atoms with van der Waals surface area (Å²) in [6, 6.07) is 0.575. The van der Waals surface area contributed by atoms with Crippen molar-refractivity contribution in [3.8, 4) is 0 Å². The highest BCUT2D eigenvalue weighted by atomic mass is 16.3. The molecule has 1 aromatic rings. The van der Waals surface area contributed by atoms with Crippen LogP contribution in [0.1, 0.15) is 26.0 Å². The van der Waals surface area contributed by atoms with E-state index >= 15 is 0 Å². The molecule has 2 N–H and O–H groups in total. The van der Waals surface area contributed by atoms with Gasteiger partial charge in [-0.1, -0.05) is 5.21 Å². The van der Waals surface area contributed by atoms with Crippen molar-refractivity contribution >= 4 is 0 Å². The Morgan fingerprint density at radius 1 is 1.50 bits per heavy atom. The van der Waals surface area contributed by atoms with Gasteiger partial charge >= 0.3 is 0 Å². The lowest BCUT2D eigenvalue weighted by molar-refractivity contribution is 0.273. The molecule has 0 atom stereocenters. The summed E-state index contributed by atoms with van der Waals surface area (Å²) in [5.74, 6) is 0. The first-order chi connectivity index (χ1) is 8.63. The van der Waals surface area contributed by atoms with Gasteiger partial charge in [0.1, 0.15) is 0 Å². The van der Waals surface area contributed by atoms with Crippen LogP contribution in [-0.2, 0) is 13.1 Å². The Morgan fingerprint density at radius 2 is 2.28 bits per heavy atom. The molecule has 0 aromatic carbocycles. The third-order valence-electron chi connectivity index (χ3n) is 2.96. The lowest BCUT2D eigenvalue weighted by atomic mass is 10.3. The molecule has 6 heteroatoms. The minimum Gasteiger partial charge on any atom is -0.396 e. The summed E-state index contributed by atoms with van der Waals surface area (Å²) < 4.78 is 1.77. The van der Waals surface area contributed by atoms with Gasteiger partial charge in [0.25, 0.3) is 0 Å². The van der Waals surface area contributed by atoms with Crippen LogP contribution in [0.4, 0.5) is 0 Å². The molecule has 0 saturated carbocycles. The Labute approximate surface area is 109 Å². The SMILES string of the molecule is CC(C)N(C)CCNCc1cn(CCCO)nn1. The zero-order chi connectivity index (χ0) is 13.4. The highest BCUT2D eigenvalue weighted by Gasteiger charge is 2.03. The number of nitrogens with one attached hydrogen (secondary N) is 1. The second kappa shape index (κ2) is 8.18. The molecule has 0 spiro atoms. The van der Waals surface area contributed by atoms with Gasteiger partial charge in [-0.15, -0.1) is 5.10 Å². The van der Waals surface area contributed by atoms with Crippen LogP contribution in [0.2, 0.25) is 0 Å². The number of rotatable bonds is 9. The third-order valence-corrected chi connectivity index (χ3v) is 2.96. The van der Waals surface area contributed by atoms with Crippen molar-refractivity contribution in [3.05, 3.63) is 11.9 Å². The molecule has 104 valence electrons. The van der Waals surface area contributed by atoms with Crippen LogP contribution >= 0.6 is 0 Å². The largest absolute Gasteiger partial charge is 0.396 e. The first-order valence-electron chi connectivity index (χ1n) is 6.54. The molecular weight excluding hydrogens is 230 g/mol. The molecule has 18 heavy (non-hydrogen) atoms. The van der Waals surface area contributed by atoms with Gasteiger partial charge in [0, 0.05) is 45.0 Å². The van der Waals surface area contributed by atoms with E-state index in [4.69, 9.17) is 5.11 Å². The van der Waals surface area contributed by atoms with E-state index < -0.39 is 0 Å². The number of nitrogens with zero attached hydrogens (tertiary/aromatic N) is 4. The van der Waals surface area contributed by atoms with Crippen LogP contribution in [0.25, 0.3) is 0 Å². The van der Waals surface area contributed by atoms with Crippen molar-refractivity contribution in [1.82, 2.24) is 25.2 Å². The number of aliphatic hydroxyl groups excluding tert-OH is 1. The Kier molecular flexibility index (Phi) is 6.85. The lowest BCUT2D eigenvalue weighted by Gasteiger charge is -2.20. The van der Waals surface area contributed by atoms with Crippen molar-refractivity contribution in [1.29, 1.82) is 0 Å². The Hall–Kier alpha value is -0.980. The van der Waals surface area contributed by atoms with Gasteiger partial charge < -0.3 is 15.3 Å². The average molecular weight is 255 g/mol. The quantitative estimate of drug-likeness (QED) is 0.612. The molecule has 0 amide bonds. The highest BCUT2D eigenvalue weighted by Crippen LogP contribution is 1.95. The van der Waals surface area contributed by atoms with E-state index in [-0.39, 0.29) is 6.61 Å². The monoisotopic (exact) mass is 255 g/mol. The molecule has 0 aliphatic heterocycles. The van der Waals surface area contributed by atoms with Crippen molar-refractivity contribution in [2.45, 2.75) is 39.4 Å². The maximum absolute atomic E-state index is 8.73. The molecule has 0 saturated heterocycles. The van der Waals surface area contributed by atoms with Crippen molar-refractivity contribution in [2.24, 2.45) is 0 Å². The van der Waals surface area contributed by atoms with Crippen molar-refractivity contribution in [3.63, 3.8) is 0 Å². The standard InChI is InChI=1S/C12H25N5O/c1-11(2)16(3)7-5-13-9-12-10-17(15-14-12)6-4-8-18/h10-11,13,18H,4-9H2,1-3H3. The van der Waals surface area contributed by atoms with Crippen LogP contribution < -0.4 is 5.32 Å². The van der Waals surface area contributed by atoms with Crippen LogP contribution in [-0.4, -0.2) is 57.8 Å². The van der Waals surface area contributed by atoms with Gasteiger partial charge in [-0.2, -0.15) is 0 Å². The number of aliphatic hydroxyl groups is 1. The van der Waals surface area contributed by atoms with E-state index in [2.05, 4.69) is 41.4 Å². The molecule has 1 aromatic heterocycles. The fourth-order valence-corrected chi connectivity index (χ4v) is 1.49. The van der Waals surface area contributed by atoms with E-state index in [0.29, 0.717) is 6.04 Å². The summed E-state index contributed by atoms with van der Waals surface area (Å²) in [6.07, 6.45) is 2.64. The number of likely N-dealkylation sites (N-methyl/N-ethyl adjacent to an activating group) is 1. The maximum Gasteiger partial charge on any atom is 0.0964 e. The first kappa shape index (κ1) is 15.1. The predicted octanol–water partition coefficient (Wildman–Crippen LogP) is 0.0903. The molecule has 0 aliphatic rings. The maximum atomic E-state index is 8.73. The Morgan fingerprint density at radius 3 is 2.94 bits per heavy atom. The summed E-state index contributed by atoms with van der Waals surface area (Å²) in [6.45, 7) is 7.99. The number of aryl methyl sites for hydroxylation is 1. The lowest BCUT2D eigenvalue weighted by Crippen LogP contribution is -2.33. The van der Waals surface area contributed by atoms with Crippen LogP contribution in [0.5, 0.6) is 0 Å². The van der Waals surface area contributed by atoms with Gasteiger partial charge in [-0.05, 0) is 27.3 Å². The normalized spacial score (nSPS) is 11.7. The molecule has 1 rings (SSSR count). The summed E-state index contributed by atoms with van der Waals surface area (Å²) in [7, 11) is 2.12. The molecule has 0 fully saturated rings. The minimum atomic E-state index is 0.189. The summed E-state index contributed by atoms with van der Waals surface area (Å²) in [4.78, 5) is 2.30. The topological polar surface area (TPSA) is 66.2 Å². The third kappa shape index (κ3) is 5.57. The fraction of sp³-hybridized carbons (Fsp3) is 0.833. The Bertz CT molecular complexity index is 326. The van der Waals surface area contributed by atoms with Crippen LogP contribution in [0.3, 0.4) is 0 Å². The molecule has 6 nitrogen and oxygen atoms in total. The minimum absolute atomic E-state index is 0.189. The van der Waals surface area contributed by atoms with E-state index in [1.54, 1.807) is 4.68 Å². The molecule has 1 heterocycles. The van der Waals surface area contributed by atoms with Crippen LogP contribution in [0.15, 0.2) is 6.20 Å². The van der Waals surface area contributed by atoms with Crippen molar-refractivity contribution < 1.29 is 5.11 Å². The molecule has 0 unspecified atom stereocenters. The summed E-state index contributed by atoms with van der Waals surface area (Å²) >= 11 is 0. The number of hydrogen-bond donors (Lipinski definition) is 2. The van der Waals surface area contributed by atoms with Gasteiger partial charge in [-0.25, -0.2) is 0 Å². The number of aromatic nitrogens is 3. The second-order valence-electron chi connectivity index (χ2n) is 4.80. The molecule has 0 radical (unpaired) electrons. The van der Waals surface area contributed by atoms with Gasteiger partial charge in [-0.3, -0.25) is 4.68 Å². The van der Waals surface area contributed by atoms with E-state index in [1.807, 2.05) is 6.20 Å². The molecular formula is C12H25N5O. The van der Waals surface area contributed by atoms with E-state index in [1.165, 1.54) is 0 Å². The smallest absolute Gasteiger partial charge is 0.0964 e. The number of hydrogen-bond acceptors (Lipinski definition) is 5. The highest BCUT2D eigenvalue weighted by molar-refractivity contribution is 4.91. The Balaban J connectivity index is 2.17. The summed E-state index contributed by atoms with van der Waals surface area (Å²) in [5, 5.41) is 20.2. The van der Waals surface area contributed by atoms with Crippen molar-refractivity contribution in [2.75, 3.05) is 26.7 Å². The van der Waals surface area contributed by atoms with E-state index in [0.717, 1.165) is 38.3 Å². The van der Waals surface area contributed by atoms with E-state index in [9.17, 15) is 0 Å². The molecule has 0 aliphatic carbocycles. The van der Waals surface area contributed by atoms with Crippen LogP contribution in [0, 0.1) is 0 Å². The average Bonchev–Trinajstić information content (AvgIpc) is 2.79. The van der Waals surface area contributed by atoms with Gasteiger partial charge in [0.15, 0.2) is 0 Å². The predicted molar refractivity (Wildman–Crippen MR) is 71.2 cm³/mol. The first-order valence-corrected chi connectivity index (χ1v) is 6.54. The fourth-order valence-electron chi connectivity index (χ4n) is 1.49.